The highest BCUT2D eigenvalue weighted by molar-refractivity contribution is 6.10. The first-order valence-electron chi connectivity index (χ1n) is 11.0. The molecule has 2 atom stereocenters. The third kappa shape index (κ3) is 5.76. The molecule has 2 N–H and O–H groups in total. The Kier molecular flexibility index (Phi) is 8.03. The summed E-state index contributed by atoms with van der Waals surface area (Å²) in [5, 5.41) is 5.75. The first-order chi connectivity index (χ1) is 15.5. The van der Waals surface area contributed by atoms with Crippen LogP contribution in [-0.4, -0.2) is 17.9 Å². The Balaban J connectivity index is 1.76. The highest BCUT2D eigenvalue weighted by Gasteiger charge is 2.22. The zero-order valence-electron chi connectivity index (χ0n) is 18.8. The molecule has 32 heavy (non-hydrogen) atoms. The van der Waals surface area contributed by atoms with E-state index in [1.54, 1.807) is 24.3 Å². The standard InChI is InChI=1S/C27H30N2O3/c1-4-19(3)21-15-10-12-18-25(21)32-24(5-2)27(31)29-23-17-11-9-16-22(23)26(30)28-20-13-7-6-8-14-20/h6-19,24H,4-5H2,1-3H3,(H,28,30)(H,29,31). The Bertz CT molecular complexity index is 1050. The molecule has 0 radical (unpaired) electrons. The maximum atomic E-state index is 13.1. The molecule has 166 valence electrons. The highest BCUT2D eigenvalue weighted by Crippen LogP contribution is 2.29. The SMILES string of the molecule is CCC(Oc1ccccc1C(C)CC)C(=O)Nc1ccccc1C(=O)Nc1ccccc1. The predicted molar refractivity (Wildman–Crippen MR) is 129 cm³/mol. The van der Waals surface area contributed by atoms with Gasteiger partial charge in [-0.25, -0.2) is 0 Å². The number of nitrogens with one attached hydrogen (secondary N) is 2. The van der Waals surface area contributed by atoms with Crippen LogP contribution in [0, 0.1) is 0 Å². The quantitative estimate of drug-likeness (QED) is 0.422. The van der Waals surface area contributed by atoms with E-state index < -0.39 is 6.10 Å². The van der Waals surface area contributed by atoms with E-state index in [0.29, 0.717) is 29.3 Å². The van der Waals surface area contributed by atoms with Gasteiger partial charge in [0.2, 0.25) is 0 Å². The van der Waals surface area contributed by atoms with Crippen molar-refractivity contribution in [2.75, 3.05) is 10.6 Å². The van der Waals surface area contributed by atoms with Crippen molar-refractivity contribution in [3.8, 4) is 5.75 Å². The van der Waals surface area contributed by atoms with Gasteiger partial charge in [-0.05, 0) is 54.7 Å². The van der Waals surface area contributed by atoms with Gasteiger partial charge in [0.05, 0.1) is 11.3 Å². The van der Waals surface area contributed by atoms with Crippen molar-refractivity contribution >= 4 is 23.2 Å². The van der Waals surface area contributed by atoms with E-state index in [-0.39, 0.29) is 11.8 Å². The minimum Gasteiger partial charge on any atom is -0.480 e. The van der Waals surface area contributed by atoms with Crippen LogP contribution in [-0.2, 0) is 4.79 Å². The summed E-state index contributed by atoms with van der Waals surface area (Å²) in [6.45, 7) is 6.18. The summed E-state index contributed by atoms with van der Waals surface area (Å²) in [5.41, 5.74) is 2.61. The van der Waals surface area contributed by atoms with Gasteiger partial charge in [-0.2, -0.15) is 0 Å². The smallest absolute Gasteiger partial charge is 0.265 e. The van der Waals surface area contributed by atoms with Crippen molar-refractivity contribution in [1.29, 1.82) is 0 Å². The van der Waals surface area contributed by atoms with Crippen molar-refractivity contribution in [3.63, 3.8) is 0 Å². The molecule has 0 bridgehead atoms. The van der Waals surface area contributed by atoms with Gasteiger partial charge < -0.3 is 15.4 Å². The Morgan fingerprint density at radius 3 is 2.19 bits per heavy atom. The minimum absolute atomic E-state index is 0.286. The fourth-order valence-corrected chi connectivity index (χ4v) is 3.41. The molecule has 0 aliphatic rings. The van der Waals surface area contributed by atoms with Gasteiger partial charge in [0, 0.05) is 5.69 Å². The molecule has 0 aliphatic carbocycles. The van der Waals surface area contributed by atoms with Gasteiger partial charge in [0.1, 0.15) is 5.75 Å². The third-order valence-corrected chi connectivity index (χ3v) is 5.46. The Labute approximate surface area is 189 Å². The van der Waals surface area contributed by atoms with Crippen molar-refractivity contribution in [1.82, 2.24) is 0 Å². The summed E-state index contributed by atoms with van der Waals surface area (Å²) in [4.78, 5) is 25.9. The topological polar surface area (TPSA) is 67.4 Å². The number of ether oxygens (including phenoxy) is 1. The first-order valence-corrected chi connectivity index (χ1v) is 11.0. The molecule has 5 nitrogen and oxygen atoms in total. The fraction of sp³-hybridized carbons (Fsp3) is 0.259. The summed E-state index contributed by atoms with van der Waals surface area (Å²) in [5.74, 6) is 0.475. The molecular formula is C27H30N2O3. The van der Waals surface area contributed by atoms with Gasteiger partial charge >= 0.3 is 0 Å². The number of hydrogen-bond acceptors (Lipinski definition) is 3. The molecule has 0 fully saturated rings. The maximum Gasteiger partial charge on any atom is 0.265 e. The largest absolute Gasteiger partial charge is 0.480 e. The molecular weight excluding hydrogens is 400 g/mol. The number of anilines is 2. The second kappa shape index (κ2) is 11.1. The molecule has 0 heterocycles. The molecule has 2 amide bonds. The summed E-state index contributed by atoms with van der Waals surface area (Å²) >= 11 is 0. The Morgan fingerprint density at radius 1 is 0.812 bits per heavy atom. The van der Waals surface area contributed by atoms with Crippen LogP contribution in [0.5, 0.6) is 5.75 Å². The van der Waals surface area contributed by atoms with Crippen molar-refractivity contribution in [2.24, 2.45) is 0 Å². The average molecular weight is 431 g/mol. The Hall–Kier alpha value is -3.60. The highest BCUT2D eigenvalue weighted by atomic mass is 16.5. The molecule has 3 aromatic rings. The van der Waals surface area contributed by atoms with E-state index >= 15 is 0 Å². The summed E-state index contributed by atoms with van der Waals surface area (Å²) < 4.78 is 6.14. The first kappa shape index (κ1) is 23.1. The van der Waals surface area contributed by atoms with Gasteiger partial charge in [0.25, 0.3) is 11.8 Å². The van der Waals surface area contributed by atoms with Crippen LogP contribution < -0.4 is 15.4 Å². The number of rotatable bonds is 9. The van der Waals surface area contributed by atoms with Gasteiger partial charge in [0.15, 0.2) is 6.10 Å². The Morgan fingerprint density at radius 2 is 1.47 bits per heavy atom. The van der Waals surface area contributed by atoms with Crippen LogP contribution >= 0.6 is 0 Å². The van der Waals surface area contributed by atoms with Crippen LogP contribution in [0.2, 0.25) is 0 Å². The van der Waals surface area contributed by atoms with Crippen molar-refractivity contribution < 1.29 is 14.3 Å². The van der Waals surface area contributed by atoms with Crippen LogP contribution in [0.4, 0.5) is 11.4 Å². The molecule has 5 heteroatoms. The lowest BCUT2D eigenvalue weighted by atomic mass is 9.98. The molecule has 3 rings (SSSR count). The van der Waals surface area contributed by atoms with Gasteiger partial charge in [-0.3, -0.25) is 9.59 Å². The zero-order chi connectivity index (χ0) is 22.9. The monoisotopic (exact) mass is 430 g/mol. The van der Waals surface area contributed by atoms with Crippen molar-refractivity contribution in [2.45, 2.75) is 45.6 Å². The lowest BCUT2D eigenvalue weighted by Gasteiger charge is -2.22. The van der Waals surface area contributed by atoms with E-state index in [2.05, 4.69) is 24.5 Å². The van der Waals surface area contributed by atoms with E-state index in [0.717, 1.165) is 17.7 Å². The average Bonchev–Trinajstić information content (AvgIpc) is 2.83. The van der Waals surface area contributed by atoms with E-state index in [1.807, 2.05) is 61.5 Å². The van der Waals surface area contributed by atoms with E-state index in [1.165, 1.54) is 0 Å². The second-order valence-corrected chi connectivity index (χ2v) is 7.72. The predicted octanol–water partition coefficient (Wildman–Crippen LogP) is 6.25. The van der Waals surface area contributed by atoms with Crippen LogP contribution in [0.25, 0.3) is 0 Å². The fourth-order valence-electron chi connectivity index (χ4n) is 3.41. The maximum absolute atomic E-state index is 13.1. The number of amides is 2. The number of benzene rings is 3. The molecule has 2 unspecified atom stereocenters. The molecule has 0 saturated heterocycles. The zero-order valence-corrected chi connectivity index (χ0v) is 18.8. The van der Waals surface area contributed by atoms with E-state index in [4.69, 9.17) is 4.74 Å². The number of carbonyl (C=O) groups excluding carboxylic acids is 2. The number of hydrogen-bond donors (Lipinski definition) is 2. The molecule has 0 spiro atoms. The second-order valence-electron chi connectivity index (χ2n) is 7.72. The lowest BCUT2D eigenvalue weighted by Crippen LogP contribution is -2.33. The van der Waals surface area contributed by atoms with Crippen LogP contribution in [0.1, 0.15) is 55.5 Å². The molecule has 0 saturated carbocycles. The number of carbonyl (C=O) groups is 2. The summed E-state index contributed by atoms with van der Waals surface area (Å²) in [6, 6.07) is 24.0. The number of para-hydroxylation sites is 3. The van der Waals surface area contributed by atoms with Crippen LogP contribution in [0.15, 0.2) is 78.9 Å². The van der Waals surface area contributed by atoms with E-state index in [9.17, 15) is 9.59 Å². The molecule has 0 aromatic heterocycles. The minimum atomic E-state index is -0.676. The van der Waals surface area contributed by atoms with Crippen LogP contribution in [0.3, 0.4) is 0 Å². The molecule has 3 aromatic carbocycles. The van der Waals surface area contributed by atoms with Gasteiger partial charge in [-0.1, -0.05) is 69.3 Å². The lowest BCUT2D eigenvalue weighted by molar-refractivity contribution is -0.122. The summed E-state index contributed by atoms with van der Waals surface area (Å²) in [6.07, 6.45) is 0.803. The molecule has 0 aliphatic heterocycles. The van der Waals surface area contributed by atoms with Gasteiger partial charge in [-0.15, -0.1) is 0 Å². The summed E-state index contributed by atoms with van der Waals surface area (Å²) in [7, 11) is 0. The third-order valence-electron chi connectivity index (χ3n) is 5.46. The van der Waals surface area contributed by atoms with Crippen molar-refractivity contribution in [3.05, 3.63) is 90.0 Å². The normalized spacial score (nSPS) is 12.5.